The van der Waals surface area contributed by atoms with Gasteiger partial charge in [0, 0.05) is 43.5 Å². The molecule has 2 aliphatic heterocycles. The van der Waals surface area contributed by atoms with E-state index < -0.39 is 9.84 Å². The van der Waals surface area contributed by atoms with Gasteiger partial charge in [0.15, 0.2) is 9.84 Å². The van der Waals surface area contributed by atoms with E-state index in [-0.39, 0.29) is 29.4 Å². The molecule has 2 amide bonds. The number of nitrogens with zero attached hydrogens (tertiary/aromatic N) is 2. The Morgan fingerprint density at radius 2 is 1.86 bits per heavy atom. The molecular weight excluding hydrogens is 410 g/mol. The summed E-state index contributed by atoms with van der Waals surface area (Å²) in [6.07, 6.45) is 0.683. The van der Waals surface area contributed by atoms with Gasteiger partial charge in [-0.05, 0) is 36.1 Å². The third-order valence-electron chi connectivity index (χ3n) is 5.44. The maximum atomic E-state index is 12.9. The third-order valence-corrected chi connectivity index (χ3v) is 8.06. The number of hydrogen-bond donors (Lipinski definition) is 1. The Kier molecular flexibility index (Phi) is 5.71. The predicted octanol–water partition coefficient (Wildman–Crippen LogP) is 1.95. The van der Waals surface area contributed by atoms with Gasteiger partial charge in [-0.15, -0.1) is 11.3 Å². The number of benzene rings is 1. The van der Waals surface area contributed by atoms with Gasteiger partial charge in [0.25, 0.3) is 11.8 Å². The number of nitrogens with one attached hydrogen (secondary N) is 1. The van der Waals surface area contributed by atoms with Gasteiger partial charge in [-0.2, -0.15) is 0 Å². The number of amides is 2. The normalized spacial score (nSPS) is 21.8. The van der Waals surface area contributed by atoms with E-state index in [9.17, 15) is 18.0 Å². The monoisotopic (exact) mass is 433 g/mol. The largest absolute Gasteiger partial charge is 0.336 e. The summed E-state index contributed by atoms with van der Waals surface area (Å²) < 4.78 is 23.4. The van der Waals surface area contributed by atoms with Crippen LogP contribution in [0.1, 0.15) is 26.5 Å². The molecule has 3 heterocycles. The van der Waals surface area contributed by atoms with E-state index >= 15 is 0 Å². The van der Waals surface area contributed by atoms with Crippen molar-refractivity contribution in [2.75, 3.05) is 43.0 Å². The van der Waals surface area contributed by atoms with Crippen LogP contribution in [-0.4, -0.2) is 73.8 Å². The molecule has 4 rings (SSSR count). The molecule has 1 aromatic carbocycles. The van der Waals surface area contributed by atoms with Crippen molar-refractivity contribution in [1.82, 2.24) is 9.80 Å². The van der Waals surface area contributed by atoms with Gasteiger partial charge < -0.3 is 10.2 Å². The first-order valence-electron chi connectivity index (χ1n) is 9.60. The second-order valence-electron chi connectivity index (χ2n) is 7.40. The van der Waals surface area contributed by atoms with Gasteiger partial charge in [-0.3, -0.25) is 14.5 Å². The highest BCUT2D eigenvalue weighted by Gasteiger charge is 2.34. The van der Waals surface area contributed by atoms with E-state index in [1.807, 2.05) is 11.4 Å². The van der Waals surface area contributed by atoms with Crippen LogP contribution in [0.4, 0.5) is 5.69 Å². The van der Waals surface area contributed by atoms with Gasteiger partial charge in [-0.1, -0.05) is 12.1 Å². The second-order valence-corrected chi connectivity index (χ2v) is 10.6. The summed E-state index contributed by atoms with van der Waals surface area (Å²) in [5.41, 5.74) is 1.12. The van der Waals surface area contributed by atoms with Gasteiger partial charge >= 0.3 is 0 Å². The molecule has 29 heavy (non-hydrogen) atoms. The Hall–Kier alpha value is -2.23. The summed E-state index contributed by atoms with van der Waals surface area (Å²) in [6.45, 7) is 2.50. The summed E-state index contributed by atoms with van der Waals surface area (Å²) in [7, 11) is -2.90. The molecule has 0 radical (unpaired) electrons. The third kappa shape index (κ3) is 4.68. The average molecular weight is 434 g/mol. The Bertz CT molecular complexity index is 996. The standard InChI is InChI=1S/C20H23N3O4S2/c24-19(18-5-2-11-28-18)21-16-4-1-3-15(13-16)20(25)23-9-7-22(8-10-23)17-6-12-29(26,27)14-17/h1-5,11,13,17H,6-10,12,14H2,(H,21,24). The minimum Gasteiger partial charge on any atom is -0.336 e. The van der Waals surface area contributed by atoms with Crippen molar-refractivity contribution in [3.63, 3.8) is 0 Å². The fourth-order valence-corrected chi connectivity index (χ4v) is 6.25. The van der Waals surface area contributed by atoms with Crippen LogP contribution in [0.15, 0.2) is 41.8 Å². The van der Waals surface area contributed by atoms with Crippen molar-refractivity contribution >= 4 is 38.7 Å². The molecule has 0 saturated carbocycles. The van der Waals surface area contributed by atoms with Gasteiger partial charge in [-0.25, -0.2) is 8.42 Å². The second kappa shape index (κ2) is 8.25. The van der Waals surface area contributed by atoms with Crippen molar-refractivity contribution in [3.8, 4) is 0 Å². The molecule has 2 saturated heterocycles. The maximum absolute atomic E-state index is 12.9. The SMILES string of the molecule is O=C(Nc1cccc(C(=O)N2CCN(C3CCS(=O)(=O)C3)CC2)c1)c1cccs1. The number of thiophene rings is 1. The molecule has 2 aliphatic rings. The lowest BCUT2D eigenvalue weighted by atomic mass is 10.1. The van der Waals surface area contributed by atoms with Crippen LogP contribution in [0.3, 0.4) is 0 Å². The Morgan fingerprint density at radius 1 is 1.07 bits per heavy atom. The first-order valence-corrected chi connectivity index (χ1v) is 12.3. The van der Waals surface area contributed by atoms with Crippen LogP contribution < -0.4 is 5.32 Å². The molecule has 0 spiro atoms. The number of hydrogen-bond acceptors (Lipinski definition) is 6. The van der Waals surface area contributed by atoms with Crippen molar-refractivity contribution < 1.29 is 18.0 Å². The lowest BCUT2D eigenvalue weighted by Gasteiger charge is -2.37. The van der Waals surface area contributed by atoms with Crippen molar-refractivity contribution in [3.05, 3.63) is 52.2 Å². The topological polar surface area (TPSA) is 86.8 Å². The highest BCUT2D eigenvalue weighted by atomic mass is 32.2. The molecule has 2 aromatic rings. The highest BCUT2D eigenvalue weighted by Crippen LogP contribution is 2.21. The number of sulfone groups is 1. The summed E-state index contributed by atoms with van der Waals surface area (Å²) in [5.74, 6) is 0.230. The van der Waals surface area contributed by atoms with Crippen LogP contribution in [0, 0.1) is 0 Å². The lowest BCUT2D eigenvalue weighted by molar-refractivity contribution is 0.0587. The first kappa shape index (κ1) is 20.1. The molecule has 0 aliphatic carbocycles. The number of carbonyl (C=O) groups is 2. The molecule has 154 valence electrons. The van der Waals surface area contributed by atoms with Crippen LogP contribution in [0.5, 0.6) is 0 Å². The van der Waals surface area contributed by atoms with E-state index in [0.29, 0.717) is 48.7 Å². The van der Waals surface area contributed by atoms with Gasteiger partial charge in [0.05, 0.1) is 16.4 Å². The number of carbonyl (C=O) groups excluding carboxylic acids is 2. The zero-order valence-corrected chi connectivity index (χ0v) is 17.5. The molecule has 1 N–H and O–H groups in total. The van der Waals surface area contributed by atoms with Crippen LogP contribution in [-0.2, 0) is 9.84 Å². The lowest BCUT2D eigenvalue weighted by Crippen LogP contribution is -2.52. The zero-order chi connectivity index (χ0) is 20.4. The minimum absolute atomic E-state index is 0.0732. The van der Waals surface area contributed by atoms with Crippen molar-refractivity contribution in [2.45, 2.75) is 12.5 Å². The van der Waals surface area contributed by atoms with E-state index in [4.69, 9.17) is 0 Å². The molecule has 1 atom stereocenters. The molecule has 0 bridgehead atoms. The Morgan fingerprint density at radius 3 is 2.52 bits per heavy atom. The summed E-state index contributed by atoms with van der Waals surface area (Å²) in [4.78, 5) is 29.7. The van der Waals surface area contributed by atoms with Crippen LogP contribution in [0.25, 0.3) is 0 Å². The minimum atomic E-state index is -2.90. The highest BCUT2D eigenvalue weighted by molar-refractivity contribution is 7.91. The molecular formula is C20H23N3O4S2. The smallest absolute Gasteiger partial charge is 0.265 e. The van der Waals surface area contributed by atoms with E-state index in [2.05, 4.69) is 10.2 Å². The Balaban J connectivity index is 1.36. The number of piperazine rings is 1. The summed E-state index contributed by atoms with van der Waals surface area (Å²) >= 11 is 1.36. The average Bonchev–Trinajstić information content (AvgIpc) is 3.37. The fraction of sp³-hybridized carbons (Fsp3) is 0.400. The molecule has 1 aromatic heterocycles. The van der Waals surface area contributed by atoms with Crippen LogP contribution in [0.2, 0.25) is 0 Å². The maximum Gasteiger partial charge on any atom is 0.265 e. The quantitative estimate of drug-likeness (QED) is 0.796. The van der Waals surface area contributed by atoms with E-state index in [1.165, 1.54) is 11.3 Å². The van der Waals surface area contributed by atoms with E-state index in [1.54, 1.807) is 35.2 Å². The van der Waals surface area contributed by atoms with Gasteiger partial charge in [0.1, 0.15) is 0 Å². The summed E-state index contributed by atoms with van der Waals surface area (Å²) in [6, 6.07) is 10.6. The number of anilines is 1. The van der Waals surface area contributed by atoms with Crippen molar-refractivity contribution in [1.29, 1.82) is 0 Å². The van der Waals surface area contributed by atoms with Crippen LogP contribution >= 0.6 is 11.3 Å². The molecule has 2 fully saturated rings. The summed E-state index contributed by atoms with van der Waals surface area (Å²) in [5, 5.41) is 4.67. The van der Waals surface area contributed by atoms with Gasteiger partial charge in [0.2, 0.25) is 0 Å². The zero-order valence-electron chi connectivity index (χ0n) is 15.9. The first-order chi connectivity index (χ1) is 13.9. The predicted molar refractivity (Wildman–Crippen MR) is 113 cm³/mol. The Labute approximate surface area is 174 Å². The number of rotatable bonds is 4. The van der Waals surface area contributed by atoms with Crippen molar-refractivity contribution in [2.24, 2.45) is 0 Å². The molecule has 1 unspecified atom stereocenters. The molecule has 7 nitrogen and oxygen atoms in total. The fourth-order valence-electron chi connectivity index (χ4n) is 3.87. The van der Waals surface area contributed by atoms with E-state index in [0.717, 1.165) is 0 Å². The molecule has 9 heteroatoms.